The fourth-order valence-electron chi connectivity index (χ4n) is 5.36. The van der Waals surface area contributed by atoms with Gasteiger partial charge in [-0.1, -0.05) is 77.3 Å². The molecule has 43 heavy (non-hydrogen) atoms. The molecule has 1 aromatic rings. The van der Waals surface area contributed by atoms with Crippen LogP contribution in [0.3, 0.4) is 0 Å². The van der Waals surface area contributed by atoms with E-state index < -0.39 is 26.0 Å². The van der Waals surface area contributed by atoms with Crippen molar-refractivity contribution in [1.29, 1.82) is 0 Å². The van der Waals surface area contributed by atoms with E-state index in [1.165, 1.54) is 0 Å². The van der Waals surface area contributed by atoms with Gasteiger partial charge in [-0.25, -0.2) is 4.79 Å². The maximum Gasteiger partial charge on any atom is 0.407 e. The third-order valence-corrected chi connectivity index (χ3v) is 10.1. The third kappa shape index (κ3) is 12.8. The monoisotopic (exact) mass is 626 g/mol. The number of benzene rings is 1. The first kappa shape index (κ1) is 36.0. The maximum atomic E-state index is 13.2. The van der Waals surface area contributed by atoms with Gasteiger partial charge in [-0.2, -0.15) is 0 Å². The summed E-state index contributed by atoms with van der Waals surface area (Å²) >= 11 is 0. The Balaban J connectivity index is 1.48. The van der Waals surface area contributed by atoms with Crippen molar-refractivity contribution < 1.29 is 37.7 Å². The first-order valence-corrected chi connectivity index (χ1v) is 17.9. The molecule has 0 aliphatic carbocycles. The van der Waals surface area contributed by atoms with Gasteiger partial charge in [-0.3, -0.25) is 9.88 Å². The Bertz CT molecular complexity index is 967. The van der Waals surface area contributed by atoms with E-state index >= 15 is 0 Å². The number of hydrogen-bond donors (Lipinski definition) is 3. The summed E-state index contributed by atoms with van der Waals surface area (Å²) in [5.41, 5.74) is 0.848. The minimum absolute atomic E-state index is 0.0434. The zero-order valence-corrected chi connectivity index (χ0v) is 27.5. The van der Waals surface area contributed by atoms with Crippen molar-refractivity contribution >= 4 is 13.7 Å². The summed E-state index contributed by atoms with van der Waals surface area (Å²) in [6.45, 7) is 10.8. The largest absolute Gasteiger partial charge is 0.443 e. The Labute approximate surface area is 258 Å². The average molecular weight is 627 g/mol. The molecule has 5 atom stereocenters. The summed E-state index contributed by atoms with van der Waals surface area (Å²) in [6, 6.07) is 9.15. The highest BCUT2D eigenvalue weighted by atomic mass is 31.2. The van der Waals surface area contributed by atoms with E-state index in [1.807, 2.05) is 30.3 Å². The number of carbonyl (C=O) groups is 1. The van der Waals surface area contributed by atoms with Crippen LogP contribution in [0.5, 0.6) is 0 Å². The van der Waals surface area contributed by atoms with E-state index in [-0.39, 0.29) is 23.7 Å². The Kier molecular flexibility index (Phi) is 15.4. The summed E-state index contributed by atoms with van der Waals surface area (Å²) in [4.78, 5) is 12.9. The molecule has 2 aliphatic rings. The molecule has 2 heterocycles. The third-order valence-electron chi connectivity index (χ3n) is 8.12. The van der Waals surface area contributed by atoms with E-state index in [2.05, 4.69) is 38.3 Å². The van der Waals surface area contributed by atoms with E-state index in [1.54, 1.807) is 0 Å². The van der Waals surface area contributed by atoms with Crippen LogP contribution in [-0.2, 0) is 34.2 Å². The second kappa shape index (κ2) is 18.4. The molecule has 0 aromatic heterocycles. The van der Waals surface area contributed by atoms with Crippen LogP contribution in [0.1, 0.15) is 84.6 Å². The summed E-state index contributed by atoms with van der Waals surface area (Å²) in [5, 5.41) is 17.3. The van der Waals surface area contributed by atoms with Crippen molar-refractivity contribution in [3.05, 3.63) is 35.9 Å². The van der Waals surface area contributed by atoms with Crippen molar-refractivity contribution in [3.63, 3.8) is 0 Å². The summed E-state index contributed by atoms with van der Waals surface area (Å²) in [6.07, 6.45) is 5.57. The Morgan fingerprint density at radius 3 is 2.44 bits per heavy atom. The van der Waals surface area contributed by atoms with Gasteiger partial charge in [0.2, 0.25) is 0 Å². The number of aliphatic hydroxyl groups is 1. The highest BCUT2D eigenvalue weighted by Crippen LogP contribution is 2.49. The van der Waals surface area contributed by atoms with Gasteiger partial charge in [0.1, 0.15) is 12.3 Å². The number of ether oxygens (including phenoxy) is 3. The number of alkyl carbamates (subject to hydrolysis) is 1. The van der Waals surface area contributed by atoms with Crippen molar-refractivity contribution in [2.75, 3.05) is 39.1 Å². The van der Waals surface area contributed by atoms with Gasteiger partial charge in [0.05, 0.1) is 44.5 Å². The van der Waals surface area contributed by atoms with Gasteiger partial charge < -0.3 is 33.7 Å². The Morgan fingerprint density at radius 2 is 1.77 bits per heavy atom. The van der Waals surface area contributed by atoms with Crippen LogP contribution in [0.15, 0.2) is 30.3 Å². The van der Waals surface area contributed by atoms with Crippen molar-refractivity contribution in [2.45, 2.75) is 110 Å². The molecule has 0 spiro atoms. The number of amides is 1. The zero-order valence-electron chi connectivity index (χ0n) is 26.6. The molecule has 10 nitrogen and oxygen atoms in total. The summed E-state index contributed by atoms with van der Waals surface area (Å²) in [5.74, 6) is 0.0434. The van der Waals surface area contributed by atoms with Crippen molar-refractivity contribution in [1.82, 2.24) is 10.6 Å². The lowest BCUT2D eigenvalue weighted by Crippen LogP contribution is -2.53. The van der Waals surface area contributed by atoms with E-state index in [0.29, 0.717) is 45.6 Å². The van der Waals surface area contributed by atoms with Crippen LogP contribution < -0.4 is 10.6 Å². The first-order chi connectivity index (χ1) is 20.6. The molecular formula is C32H55N2O8P. The van der Waals surface area contributed by atoms with Gasteiger partial charge in [-0.05, 0) is 49.5 Å². The molecular weight excluding hydrogens is 571 g/mol. The second-order valence-corrected chi connectivity index (χ2v) is 14.7. The van der Waals surface area contributed by atoms with Crippen LogP contribution in [0.2, 0.25) is 0 Å². The molecule has 3 N–H and O–H groups in total. The molecule has 2 saturated heterocycles. The van der Waals surface area contributed by atoms with Crippen LogP contribution in [-0.4, -0.2) is 75.0 Å². The molecule has 1 amide bonds. The minimum atomic E-state index is -3.09. The molecule has 0 bridgehead atoms. The smallest absolute Gasteiger partial charge is 0.407 e. The number of unbranched alkanes of at least 4 members (excludes halogenated alkanes) is 3. The van der Waals surface area contributed by atoms with Gasteiger partial charge in [0, 0.05) is 6.54 Å². The number of carbonyl (C=O) groups excluding carboxylic acids is 1. The molecule has 2 aliphatic heterocycles. The number of fused-ring (bicyclic) bond motifs is 1. The van der Waals surface area contributed by atoms with Crippen molar-refractivity contribution in [2.24, 2.45) is 11.3 Å². The van der Waals surface area contributed by atoms with Gasteiger partial charge in [-0.15, -0.1) is 0 Å². The Morgan fingerprint density at radius 1 is 1.07 bits per heavy atom. The highest BCUT2D eigenvalue weighted by molar-refractivity contribution is 7.53. The van der Waals surface area contributed by atoms with Crippen LogP contribution in [0.4, 0.5) is 4.79 Å². The fourth-order valence-corrected chi connectivity index (χ4v) is 7.12. The second-order valence-electron chi connectivity index (χ2n) is 12.6. The fraction of sp³-hybridized carbons (Fsp3) is 0.781. The summed E-state index contributed by atoms with van der Waals surface area (Å²) in [7, 11) is -3.09. The topological polar surface area (TPSA) is 125 Å². The zero-order chi connectivity index (χ0) is 31.1. The number of hydrogen-bond acceptors (Lipinski definition) is 9. The van der Waals surface area contributed by atoms with Crippen molar-refractivity contribution in [3.8, 4) is 0 Å². The molecule has 3 rings (SSSR count). The van der Waals surface area contributed by atoms with E-state index in [9.17, 15) is 14.5 Å². The van der Waals surface area contributed by atoms with Gasteiger partial charge in [0.25, 0.3) is 0 Å². The van der Waals surface area contributed by atoms with Gasteiger partial charge in [0.15, 0.2) is 6.29 Å². The predicted octanol–water partition coefficient (Wildman–Crippen LogP) is 6.02. The lowest BCUT2D eigenvalue weighted by molar-refractivity contribution is -0.0907. The molecule has 0 radical (unpaired) electrons. The average Bonchev–Trinajstić information content (AvgIpc) is 3.60. The van der Waals surface area contributed by atoms with E-state index in [4.69, 9.17) is 23.3 Å². The van der Waals surface area contributed by atoms with Gasteiger partial charge >= 0.3 is 13.7 Å². The standard InChI is InChI=1S/C32H55N2O8P/c1-5-7-18-40-43(37,41-19-8-6-2)21-13-12-17-32(3,4)24-33-29(35)27(22-25-14-10-9-11-15-25)34-31(36)42-28-23-39-30-26(28)16-20-38-30/h9-11,14-15,26-30,33,35H,5-8,12-13,16-24H2,1-4H3,(H,34,36). The SMILES string of the molecule is CCCCOP(=O)(CCCCC(C)(C)CNC(O)C(Cc1ccccc1)NC(=O)OC1COC2OCCC12)OCCCC. The predicted molar refractivity (Wildman–Crippen MR) is 167 cm³/mol. The normalized spacial score (nSPS) is 21.8. The molecule has 0 saturated carbocycles. The summed E-state index contributed by atoms with van der Waals surface area (Å²) < 4.78 is 41.5. The molecule has 11 heteroatoms. The number of rotatable bonds is 21. The lowest BCUT2D eigenvalue weighted by atomic mass is 9.87. The lowest BCUT2D eigenvalue weighted by Gasteiger charge is -2.31. The van der Waals surface area contributed by atoms with Crippen LogP contribution in [0.25, 0.3) is 0 Å². The van der Waals surface area contributed by atoms with Crippen LogP contribution in [0, 0.1) is 11.3 Å². The maximum absolute atomic E-state index is 13.2. The molecule has 1 aromatic carbocycles. The number of nitrogens with one attached hydrogen (secondary N) is 2. The highest BCUT2D eigenvalue weighted by Gasteiger charge is 2.44. The van der Waals surface area contributed by atoms with E-state index in [0.717, 1.165) is 56.9 Å². The molecule has 5 unspecified atom stereocenters. The molecule has 246 valence electrons. The molecule has 2 fully saturated rings. The minimum Gasteiger partial charge on any atom is -0.443 e. The Hall–Kier alpha value is -1.52. The van der Waals surface area contributed by atoms with Crippen LogP contribution >= 0.6 is 7.60 Å². The number of aliphatic hydroxyl groups excluding tert-OH is 1. The first-order valence-electron chi connectivity index (χ1n) is 16.2. The quantitative estimate of drug-likeness (QED) is 0.0854.